The maximum atomic E-state index is 6.15. The van der Waals surface area contributed by atoms with Gasteiger partial charge in [-0.05, 0) is 37.2 Å². The average molecular weight is 336 g/mol. The van der Waals surface area contributed by atoms with E-state index in [-0.39, 0.29) is 11.3 Å². The van der Waals surface area contributed by atoms with Gasteiger partial charge >= 0.3 is 0 Å². The molecule has 0 saturated carbocycles. The Kier molecular flexibility index (Phi) is 3.55. The van der Waals surface area contributed by atoms with Gasteiger partial charge in [0.15, 0.2) is 0 Å². The molecule has 0 radical (unpaired) electrons. The number of nitrogens with one attached hydrogen (secondary N) is 1. The summed E-state index contributed by atoms with van der Waals surface area (Å²) in [5, 5.41) is 4.30. The number of nitrogens with two attached hydrogens (primary N) is 1. The van der Waals surface area contributed by atoms with Crippen molar-refractivity contribution in [3.05, 3.63) is 28.8 Å². The molecule has 3 aliphatic heterocycles. The fraction of sp³-hybridized carbons (Fsp3) is 0.467. The van der Waals surface area contributed by atoms with Gasteiger partial charge in [0.05, 0.1) is 11.3 Å². The summed E-state index contributed by atoms with van der Waals surface area (Å²) in [5.41, 5.74) is 7.16. The summed E-state index contributed by atoms with van der Waals surface area (Å²) in [6.07, 6.45) is 1.13. The number of aliphatic imine (C=N–C) groups is 2. The van der Waals surface area contributed by atoms with E-state index in [9.17, 15) is 0 Å². The highest BCUT2D eigenvalue weighted by atomic mass is 35.5. The normalized spacial score (nSPS) is 29.9. The van der Waals surface area contributed by atoms with E-state index in [1.165, 1.54) is 10.5 Å². The van der Waals surface area contributed by atoms with E-state index in [4.69, 9.17) is 17.3 Å². The number of amidine groups is 1. The maximum Gasteiger partial charge on any atom is 0.217 e. The van der Waals surface area contributed by atoms with Crippen LogP contribution >= 0.6 is 23.4 Å². The first-order valence-corrected chi connectivity index (χ1v) is 8.71. The van der Waals surface area contributed by atoms with E-state index in [0.717, 1.165) is 30.4 Å². The molecule has 3 atom stereocenters. The van der Waals surface area contributed by atoms with E-state index in [1.54, 1.807) is 0 Å². The number of benzene rings is 1. The highest BCUT2D eigenvalue weighted by molar-refractivity contribution is 8.01. The number of fused-ring (bicyclic) bond motifs is 3. The molecule has 3 N–H and O–H groups in total. The number of rotatable bonds is 1. The summed E-state index contributed by atoms with van der Waals surface area (Å²) in [7, 11) is 2.01. The van der Waals surface area contributed by atoms with Crippen LogP contribution in [-0.2, 0) is 0 Å². The summed E-state index contributed by atoms with van der Waals surface area (Å²) in [6.45, 7) is 1.99. The van der Waals surface area contributed by atoms with Crippen molar-refractivity contribution in [2.24, 2.45) is 15.7 Å². The highest BCUT2D eigenvalue weighted by Crippen LogP contribution is 2.49. The summed E-state index contributed by atoms with van der Waals surface area (Å²) in [4.78, 5) is 12.7. The van der Waals surface area contributed by atoms with Crippen LogP contribution < -0.4 is 11.1 Å². The first-order valence-electron chi connectivity index (χ1n) is 7.46. The van der Waals surface area contributed by atoms with Crippen molar-refractivity contribution in [3.63, 3.8) is 0 Å². The smallest absolute Gasteiger partial charge is 0.217 e. The van der Waals surface area contributed by atoms with Crippen molar-refractivity contribution in [2.45, 2.75) is 28.6 Å². The summed E-state index contributed by atoms with van der Waals surface area (Å²) >= 11 is 7.97. The molecule has 1 aromatic rings. The molecule has 116 valence electrons. The van der Waals surface area contributed by atoms with Crippen LogP contribution in [0.1, 0.15) is 18.0 Å². The maximum absolute atomic E-state index is 6.15. The molecule has 7 heteroatoms. The van der Waals surface area contributed by atoms with Crippen LogP contribution in [0.25, 0.3) is 0 Å². The summed E-state index contributed by atoms with van der Waals surface area (Å²) in [5.74, 6) is 1.44. The molecule has 4 rings (SSSR count). The Morgan fingerprint density at radius 1 is 1.45 bits per heavy atom. The second-order valence-corrected chi connectivity index (χ2v) is 7.46. The molecule has 1 saturated heterocycles. The van der Waals surface area contributed by atoms with Crippen molar-refractivity contribution in [2.75, 3.05) is 20.1 Å². The lowest BCUT2D eigenvalue weighted by Crippen LogP contribution is -2.42. The standard InChI is InChI=1S/C15H18ClN5S/c1-18-9-4-5-21(7-9)14-13-12(19-15(17)20-14)10-6-8(16)2-3-11(10)22-13/h2-3,6,9,12-13,18H,4-5,7H2,1H3,(H2,17,19)/t9-,12?,13?/m1/s1. The number of thioether (sulfide) groups is 1. The van der Waals surface area contributed by atoms with Gasteiger partial charge in [-0.25, -0.2) is 4.99 Å². The van der Waals surface area contributed by atoms with E-state index >= 15 is 0 Å². The first kappa shape index (κ1) is 14.4. The van der Waals surface area contributed by atoms with Crippen LogP contribution in [-0.4, -0.2) is 48.1 Å². The number of halogens is 1. The molecule has 3 heterocycles. The van der Waals surface area contributed by atoms with Crippen molar-refractivity contribution >= 4 is 35.2 Å². The predicted octanol–water partition coefficient (Wildman–Crippen LogP) is 1.88. The molecular formula is C15H18ClN5S. The average Bonchev–Trinajstić information content (AvgIpc) is 3.11. The van der Waals surface area contributed by atoms with Crippen LogP contribution in [0.2, 0.25) is 5.02 Å². The van der Waals surface area contributed by atoms with Gasteiger partial charge < -0.3 is 16.0 Å². The van der Waals surface area contributed by atoms with Crippen LogP contribution in [0.15, 0.2) is 33.1 Å². The van der Waals surface area contributed by atoms with Gasteiger partial charge in [0, 0.05) is 29.0 Å². The Morgan fingerprint density at radius 3 is 3.09 bits per heavy atom. The quantitative estimate of drug-likeness (QED) is 0.822. The lowest BCUT2D eigenvalue weighted by molar-refractivity contribution is 0.477. The number of likely N-dealkylation sites (tertiary alicyclic amines) is 1. The first-order chi connectivity index (χ1) is 10.7. The van der Waals surface area contributed by atoms with Crippen molar-refractivity contribution in [1.29, 1.82) is 0 Å². The fourth-order valence-corrected chi connectivity index (χ4v) is 4.92. The van der Waals surface area contributed by atoms with Gasteiger partial charge in [-0.1, -0.05) is 11.6 Å². The molecule has 22 heavy (non-hydrogen) atoms. The Bertz CT molecular complexity index is 674. The van der Waals surface area contributed by atoms with Gasteiger partial charge in [0.1, 0.15) is 5.84 Å². The van der Waals surface area contributed by atoms with Crippen molar-refractivity contribution in [1.82, 2.24) is 10.2 Å². The Labute approximate surface area is 139 Å². The summed E-state index contributed by atoms with van der Waals surface area (Å²) in [6, 6.07) is 6.56. The minimum atomic E-state index is 0.0276. The van der Waals surface area contributed by atoms with E-state index < -0.39 is 0 Å². The number of nitrogens with zero attached hydrogens (tertiary/aromatic N) is 3. The van der Waals surface area contributed by atoms with Gasteiger partial charge in [-0.3, -0.25) is 0 Å². The lowest BCUT2D eigenvalue weighted by Gasteiger charge is -2.29. The molecule has 0 aliphatic carbocycles. The Hall–Kier alpha value is -1.24. The number of likely N-dealkylation sites (N-methyl/N-ethyl adjacent to an activating group) is 1. The third kappa shape index (κ3) is 2.30. The summed E-state index contributed by atoms with van der Waals surface area (Å²) < 4.78 is 0. The van der Waals surface area contributed by atoms with Gasteiger partial charge in [0.25, 0.3) is 0 Å². The molecule has 5 nitrogen and oxygen atoms in total. The molecule has 0 bridgehead atoms. The van der Waals surface area contributed by atoms with E-state index in [0.29, 0.717) is 12.0 Å². The number of hydrogen-bond donors (Lipinski definition) is 2. The van der Waals surface area contributed by atoms with Crippen LogP contribution in [0, 0.1) is 0 Å². The third-order valence-corrected chi connectivity index (χ3v) is 6.09. The third-order valence-electron chi connectivity index (χ3n) is 4.51. The lowest BCUT2D eigenvalue weighted by atomic mass is 10.0. The molecule has 0 amide bonds. The molecular weight excluding hydrogens is 318 g/mol. The minimum absolute atomic E-state index is 0.0276. The monoisotopic (exact) mass is 335 g/mol. The zero-order valence-corrected chi connectivity index (χ0v) is 13.9. The van der Waals surface area contributed by atoms with Crippen molar-refractivity contribution < 1.29 is 0 Å². The zero-order chi connectivity index (χ0) is 15.3. The SMILES string of the molecule is CN[C@@H]1CCN(C2=NC(N)=NC3c4cc(Cl)ccc4SC23)C1. The van der Waals surface area contributed by atoms with Crippen LogP contribution in [0.3, 0.4) is 0 Å². The molecule has 0 aromatic heterocycles. The molecule has 0 spiro atoms. The van der Waals surface area contributed by atoms with Gasteiger partial charge in [-0.2, -0.15) is 4.99 Å². The molecule has 2 unspecified atom stereocenters. The van der Waals surface area contributed by atoms with Gasteiger partial charge in [0.2, 0.25) is 5.96 Å². The fourth-order valence-electron chi connectivity index (χ4n) is 3.36. The van der Waals surface area contributed by atoms with Crippen LogP contribution in [0.4, 0.5) is 0 Å². The highest BCUT2D eigenvalue weighted by Gasteiger charge is 2.42. The van der Waals surface area contributed by atoms with E-state index in [1.807, 2.05) is 30.9 Å². The minimum Gasteiger partial charge on any atom is -0.368 e. The Balaban J connectivity index is 1.67. The second kappa shape index (κ2) is 5.44. The predicted molar refractivity (Wildman–Crippen MR) is 91.9 cm³/mol. The largest absolute Gasteiger partial charge is 0.368 e. The van der Waals surface area contributed by atoms with Gasteiger partial charge in [-0.15, -0.1) is 11.8 Å². The topological polar surface area (TPSA) is 66.0 Å². The second-order valence-electron chi connectivity index (χ2n) is 5.84. The zero-order valence-electron chi connectivity index (χ0n) is 12.3. The molecule has 1 fully saturated rings. The number of guanidine groups is 1. The molecule has 1 aromatic carbocycles. The number of hydrogen-bond acceptors (Lipinski definition) is 6. The van der Waals surface area contributed by atoms with E-state index in [2.05, 4.69) is 26.3 Å². The molecule has 3 aliphatic rings. The van der Waals surface area contributed by atoms with Crippen LogP contribution in [0.5, 0.6) is 0 Å². The van der Waals surface area contributed by atoms with Crippen molar-refractivity contribution in [3.8, 4) is 0 Å². The Morgan fingerprint density at radius 2 is 2.32 bits per heavy atom.